The second kappa shape index (κ2) is 14.9. The van der Waals surface area contributed by atoms with Gasteiger partial charge in [-0.15, -0.1) is 0 Å². The van der Waals surface area contributed by atoms with E-state index in [0.717, 1.165) is 102 Å². The summed E-state index contributed by atoms with van der Waals surface area (Å²) in [7, 11) is 1.93. The number of aryl methyl sites for hydroxylation is 3. The Labute approximate surface area is 291 Å². The standard InChI is InChI=1S/C24H25N5O.C14H16ClN3O/c1-17-10-24(19-5-3-4-18(11-19)20-12-26-28(2)15-20)25-14-23(17)21-13-27-29(16-21)22-6-8-30-9-7-22;1-10-6-14(15)16-8-13(10)11-7-17-18(9-11)12-2-4-19-5-3-12/h3-5,10-16,22H,6-9H2,1-2H3;6-9,12H,2-5H2,1H3. The molecule has 2 aliphatic heterocycles. The van der Waals surface area contributed by atoms with Crippen molar-refractivity contribution in [1.29, 1.82) is 0 Å². The first kappa shape index (κ1) is 32.9. The number of hydrogen-bond donors (Lipinski definition) is 0. The minimum absolute atomic E-state index is 0.426. The first-order valence-electron chi connectivity index (χ1n) is 16.8. The molecule has 49 heavy (non-hydrogen) atoms. The Balaban J connectivity index is 0.000000171. The van der Waals surface area contributed by atoms with Crippen molar-refractivity contribution < 1.29 is 9.47 Å². The van der Waals surface area contributed by atoms with Crippen LogP contribution in [0.4, 0.5) is 0 Å². The largest absolute Gasteiger partial charge is 0.381 e. The molecule has 0 N–H and O–H groups in total. The van der Waals surface area contributed by atoms with E-state index in [4.69, 9.17) is 26.1 Å². The highest BCUT2D eigenvalue weighted by atomic mass is 35.5. The van der Waals surface area contributed by atoms with E-state index in [1.807, 2.05) is 66.6 Å². The van der Waals surface area contributed by atoms with Crippen LogP contribution < -0.4 is 0 Å². The summed E-state index contributed by atoms with van der Waals surface area (Å²) in [5, 5.41) is 13.9. The molecule has 0 amide bonds. The Morgan fingerprint density at radius 2 is 1.16 bits per heavy atom. The number of hydrogen-bond acceptors (Lipinski definition) is 7. The SMILES string of the molecule is Cc1cc(-c2cccc(-c3cnn(C)c3)c2)ncc1-c1cnn(C2CCOCC2)c1.Cc1cc(Cl)ncc1-c1cnn(C2CCOCC2)c1. The molecule has 0 atom stereocenters. The van der Waals surface area contributed by atoms with Gasteiger partial charge >= 0.3 is 0 Å². The summed E-state index contributed by atoms with van der Waals surface area (Å²) in [4.78, 5) is 8.92. The number of ether oxygens (including phenoxy) is 2. The molecule has 0 aliphatic carbocycles. The van der Waals surface area contributed by atoms with Crippen molar-refractivity contribution >= 4 is 11.6 Å². The second-order valence-electron chi connectivity index (χ2n) is 12.8. The van der Waals surface area contributed by atoms with Crippen LogP contribution in [0.3, 0.4) is 0 Å². The molecular formula is C38H41ClN8O2. The first-order chi connectivity index (χ1) is 23.9. The number of pyridine rings is 2. The summed E-state index contributed by atoms with van der Waals surface area (Å²) in [6.07, 6.45) is 19.9. The molecule has 0 unspecified atom stereocenters. The fourth-order valence-electron chi connectivity index (χ4n) is 6.52. The van der Waals surface area contributed by atoms with Crippen LogP contribution in [-0.4, -0.2) is 65.7 Å². The minimum Gasteiger partial charge on any atom is -0.381 e. The Kier molecular flexibility index (Phi) is 9.97. The molecule has 2 saturated heterocycles. The average Bonchev–Trinajstić information content (AvgIpc) is 3.92. The molecule has 5 aromatic heterocycles. The quantitative estimate of drug-likeness (QED) is 0.165. The van der Waals surface area contributed by atoms with Crippen LogP contribution in [0.5, 0.6) is 0 Å². The van der Waals surface area contributed by atoms with Crippen molar-refractivity contribution in [3.8, 4) is 44.6 Å². The first-order valence-corrected chi connectivity index (χ1v) is 17.2. The summed E-state index contributed by atoms with van der Waals surface area (Å²) in [6.45, 7) is 7.44. The molecular weight excluding hydrogens is 636 g/mol. The van der Waals surface area contributed by atoms with Crippen molar-refractivity contribution in [3.63, 3.8) is 0 Å². The zero-order valence-corrected chi connectivity index (χ0v) is 28.9. The highest BCUT2D eigenvalue weighted by Crippen LogP contribution is 2.31. The van der Waals surface area contributed by atoms with Gasteiger partial charge in [0.05, 0.1) is 36.4 Å². The molecule has 252 valence electrons. The molecule has 7 heterocycles. The predicted molar refractivity (Wildman–Crippen MR) is 191 cm³/mol. The van der Waals surface area contributed by atoms with Crippen molar-refractivity contribution in [2.45, 2.75) is 51.6 Å². The number of rotatable bonds is 6. The summed E-state index contributed by atoms with van der Waals surface area (Å²) in [5.74, 6) is 0. The van der Waals surface area contributed by atoms with Crippen molar-refractivity contribution in [3.05, 3.63) is 102 Å². The van der Waals surface area contributed by atoms with Crippen LogP contribution in [0.2, 0.25) is 5.15 Å². The van der Waals surface area contributed by atoms with Gasteiger partial charge in [-0.05, 0) is 74.4 Å². The molecule has 0 spiro atoms. The van der Waals surface area contributed by atoms with Crippen LogP contribution in [0, 0.1) is 13.8 Å². The average molecular weight is 677 g/mol. The van der Waals surface area contributed by atoms with Gasteiger partial charge in [0, 0.05) is 97.8 Å². The molecule has 0 saturated carbocycles. The normalized spacial score (nSPS) is 15.6. The monoisotopic (exact) mass is 676 g/mol. The third-order valence-corrected chi connectivity index (χ3v) is 9.55. The van der Waals surface area contributed by atoms with Gasteiger partial charge in [-0.1, -0.05) is 29.8 Å². The van der Waals surface area contributed by atoms with E-state index in [1.165, 1.54) is 5.56 Å². The minimum atomic E-state index is 0.426. The maximum atomic E-state index is 5.89. The van der Waals surface area contributed by atoms with Gasteiger partial charge in [0.2, 0.25) is 0 Å². The molecule has 10 nitrogen and oxygen atoms in total. The van der Waals surface area contributed by atoms with E-state index in [0.29, 0.717) is 17.2 Å². The van der Waals surface area contributed by atoms with Crippen LogP contribution >= 0.6 is 11.6 Å². The third kappa shape index (κ3) is 7.67. The van der Waals surface area contributed by atoms with E-state index in [-0.39, 0.29) is 0 Å². The molecule has 6 aromatic rings. The third-order valence-electron chi connectivity index (χ3n) is 9.34. The maximum absolute atomic E-state index is 5.89. The Morgan fingerprint density at radius 1 is 0.612 bits per heavy atom. The molecule has 2 fully saturated rings. The molecule has 8 rings (SSSR count). The smallest absolute Gasteiger partial charge is 0.129 e. The fraction of sp³-hybridized carbons (Fsp3) is 0.342. The fourth-order valence-corrected chi connectivity index (χ4v) is 6.73. The zero-order valence-electron chi connectivity index (χ0n) is 28.2. The summed E-state index contributed by atoms with van der Waals surface area (Å²) < 4.78 is 16.8. The number of nitrogens with zero attached hydrogens (tertiary/aromatic N) is 8. The maximum Gasteiger partial charge on any atom is 0.129 e. The molecule has 0 radical (unpaired) electrons. The summed E-state index contributed by atoms with van der Waals surface area (Å²) in [5.41, 5.74) is 11.0. The van der Waals surface area contributed by atoms with E-state index in [1.54, 1.807) is 0 Å². The lowest BCUT2D eigenvalue weighted by atomic mass is 10.0. The van der Waals surface area contributed by atoms with Crippen molar-refractivity contribution in [1.82, 2.24) is 39.3 Å². The van der Waals surface area contributed by atoms with Gasteiger partial charge in [-0.25, -0.2) is 4.98 Å². The number of benzene rings is 1. The zero-order chi connectivity index (χ0) is 33.7. The predicted octanol–water partition coefficient (Wildman–Crippen LogP) is 7.93. The van der Waals surface area contributed by atoms with Crippen LogP contribution in [0.15, 0.2) is 86.0 Å². The molecule has 2 aliphatic rings. The molecule has 0 bridgehead atoms. The summed E-state index contributed by atoms with van der Waals surface area (Å²) >= 11 is 5.89. The second-order valence-corrected chi connectivity index (χ2v) is 13.2. The molecule has 11 heteroatoms. The van der Waals surface area contributed by atoms with Gasteiger partial charge in [0.25, 0.3) is 0 Å². The molecule has 1 aromatic carbocycles. The highest BCUT2D eigenvalue weighted by molar-refractivity contribution is 6.29. The Bertz CT molecular complexity index is 2020. The topological polar surface area (TPSA) is 97.7 Å². The van der Waals surface area contributed by atoms with Gasteiger partial charge in [0.1, 0.15) is 5.15 Å². The van der Waals surface area contributed by atoms with E-state index in [2.05, 4.69) is 74.6 Å². The van der Waals surface area contributed by atoms with E-state index >= 15 is 0 Å². The van der Waals surface area contributed by atoms with Gasteiger partial charge < -0.3 is 9.47 Å². The Hall–Kier alpha value is -4.64. The van der Waals surface area contributed by atoms with Crippen molar-refractivity contribution in [2.75, 3.05) is 26.4 Å². The van der Waals surface area contributed by atoms with Crippen molar-refractivity contribution in [2.24, 2.45) is 7.05 Å². The van der Waals surface area contributed by atoms with Gasteiger partial charge in [-0.2, -0.15) is 15.3 Å². The number of aromatic nitrogens is 8. The lowest BCUT2D eigenvalue weighted by Gasteiger charge is -2.22. The Morgan fingerprint density at radius 3 is 1.71 bits per heavy atom. The van der Waals surface area contributed by atoms with Crippen LogP contribution in [0.25, 0.3) is 44.6 Å². The highest BCUT2D eigenvalue weighted by Gasteiger charge is 2.19. The lowest BCUT2D eigenvalue weighted by Crippen LogP contribution is -2.19. The van der Waals surface area contributed by atoms with Gasteiger partial charge in [0.15, 0.2) is 0 Å². The van der Waals surface area contributed by atoms with Gasteiger partial charge in [-0.3, -0.25) is 19.0 Å². The number of halogens is 1. The lowest BCUT2D eigenvalue weighted by molar-refractivity contribution is 0.0661. The van der Waals surface area contributed by atoms with Crippen LogP contribution in [0.1, 0.15) is 48.9 Å². The van der Waals surface area contributed by atoms with E-state index in [9.17, 15) is 0 Å². The van der Waals surface area contributed by atoms with Crippen LogP contribution in [-0.2, 0) is 16.5 Å². The van der Waals surface area contributed by atoms with E-state index < -0.39 is 0 Å². The summed E-state index contributed by atoms with van der Waals surface area (Å²) in [6, 6.07) is 13.4.